The maximum Gasteiger partial charge on any atom is 0.234 e. The minimum atomic E-state index is 0.221. The number of amides is 1. The first-order valence-electron chi connectivity index (χ1n) is 8.88. The first kappa shape index (κ1) is 16.8. The van der Waals surface area contributed by atoms with Crippen molar-refractivity contribution in [1.29, 1.82) is 0 Å². The number of rotatable bonds is 5. The predicted molar refractivity (Wildman–Crippen MR) is 87.4 cm³/mol. The maximum absolute atomic E-state index is 12.1. The van der Waals surface area contributed by atoms with Gasteiger partial charge in [0.15, 0.2) is 0 Å². The van der Waals surface area contributed by atoms with Crippen LogP contribution in [0.15, 0.2) is 0 Å². The second kappa shape index (κ2) is 8.74. The van der Waals surface area contributed by atoms with Crippen molar-refractivity contribution in [2.45, 2.75) is 58.4 Å². The van der Waals surface area contributed by atoms with E-state index < -0.39 is 0 Å². The molecule has 0 radical (unpaired) electrons. The van der Waals surface area contributed by atoms with Crippen LogP contribution in [0.25, 0.3) is 0 Å². The summed E-state index contributed by atoms with van der Waals surface area (Å²) in [6.45, 7) is 10.5. The minimum Gasteiger partial charge on any atom is -0.355 e. The standard InChI is InChI=1S/C17H33N3O/c1-15(2)20-11-8-16(13-20)12-18-17(21)14-19-9-6-4-3-5-7-10-19/h15-16H,3-14H2,1-2H3,(H,18,21). The van der Waals surface area contributed by atoms with E-state index in [4.69, 9.17) is 0 Å². The Labute approximate surface area is 130 Å². The third-order valence-corrected chi connectivity index (χ3v) is 4.95. The Hall–Kier alpha value is -0.610. The van der Waals surface area contributed by atoms with Crippen LogP contribution in [0.4, 0.5) is 0 Å². The predicted octanol–water partition coefficient (Wildman–Crippen LogP) is 2.10. The van der Waals surface area contributed by atoms with Gasteiger partial charge >= 0.3 is 0 Å². The molecule has 1 unspecified atom stereocenters. The largest absolute Gasteiger partial charge is 0.355 e. The summed E-state index contributed by atoms with van der Waals surface area (Å²) < 4.78 is 0. The normalized spacial score (nSPS) is 25.8. The van der Waals surface area contributed by atoms with E-state index in [1.807, 2.05) is 0 Å². The molecule has 2 aliphatic heterocycles. The van der Waals surface area contributed by atoms with Crippen LogP contribution in [0.3, 0.4) is 0 Å². The fourth-order valence-corrected chi connectivity index (χ4v) is 3.49. The van der Waals surface area contributed by atoms with Gasteiger partial charge in [0.25, 0.3) is 0 Å². The molecule has 1 amide bonds. The third-order valence-electron chi connectivity index (χ3n) is 4.95. The van der Waals surface area contributed by atoms with Crippen molar-refractivity contribution in [3.8, 4) is 0 Å². The van der Waals surface area contributed by atoms with Crippen LogP contribution in [0.1, 0.15) is 52.4 Å². The van der Waals surface area contributed by atoms with E-state index in [0.717, 1.165) is 26.2 Å². The molecule has 0 aromatic carbocycles. The second-order valence-corrected chi connectivity index (χ2v) is 7.09. The zero-order chi connectivity index (χ0) is 15.1. The molecule has 0 aromatic heterocycles. The van der Waals surface area contributed by atoms with Crippen LogP contribution in [0, 0.1) is 5.92 Å². The average Bonchev–Trinajstić information content (AvgIpc) is 2.88. The Morgan fingerprint density at radius 1 is 1.10 bits per heavy atom. The van der Waals surface area contributed by atoms with Gasteiger partial charge in [0.05, 0.1) is 6.54 Å². The van der Waals surface area contributed by atoms with Crippen LogP contribution < -0.4 is 5.32 Å². The van der Waals surface area contributed by atoms with E-state index in [1.54, 1.807) is 0 Å². The molecule has 0 bridgehead atoms. The zero-order valence-corrected chi connectivity index (χ0v) is 13.9. The fraction of sp³-hybridized carbons (Fsp3) is 0.941. The van der Waals surface area contributed by atoms with Gasteiger partial charge in [-0.25, -0.2) is 0 Å². The molecule has 2 fully saturated rings. The lowest BCUT2D eigenvalue weighted by molar-refractivity contribution is -0.122. The van der Waals surface area contributed by atoms with E-state index in [0.29, 0.717) is 18.5 Å². The number of hydrogen-bond donors (Lipinski definition) is 1. The summed E-state index contributed by atoms with van der Waals surface area (Å²) >= 11 is 0. The van der Waals surface area contributed by atoms with Gasteiger partial charge in [0.1, 0.15) is 0 Å². The summed E-state index contributed by atoms with van der Waals surface area (Å²) in [6, 6.07) is 0.631. The first-order chi connectivity index (χ1) is 10.1. The molecule has 0 spiro atoms. The highest BCUT2D eigenvalue weighted by molar-refractivity contribution is 5.78. The summed E-state index contributed by atoms with van der Waals surface area (Å²) in [7, 11) is 0. The molecule has 1 atom stereocenters. The van der Waals surface area contributed by atoms with Crippen LogP contribution >= 0.6 is 0 Å². The monoisotopic (exact) mass is 295 g/mol. The van der Waals surface area contributed by atoms with Gasteiger partial charge in [-0.3, -0.25) is 9.69 Å². The van der Waals surface area contributed by atoms with Gasteiger partial charge in [0.2, 0.25) is 5.91 Å². The molecule has 2 aliphatic rings. The van der Waals surface area contributed by atoms with Crippen LogP contribution in [0.5, 0.6) is 0 Å². The van der Waals surface area contributed by atoms with E-state index in [-0.39, 0.29) is 5.91 Å². The summed E-state index contributed by atoms with van der Waals surface area (Å²) in [5, 5.41) is 3.16. The molecular weight excluding hydrogens is 262 g/mol. The Morgan fingerprint density at radius 2 is 1.76 bits per heavy atom. The van der Waals surface area contributed by atoms with Gasteiger partial charge in [-0.1, -0.05) is 19.3 Å². The molecule has 122 valence electrons. The molecule has 2 heterocycles. The summed E-state index contributed by atoms with van der Waals surface area (Å²) in [4.78, 5) is 17.0. The van der Waals surface area contributed by atoms with Crippen molar-refractivity contribution in [3.63, 3.8) is 0 Å². The van der Waals surface area contributed by atoms with Crippen molar-refractivity contribution in [1.82, 2.24) is 15.1 Å². The first-order valence-corrected chi connectivity index (χ1v) is 8.88. The number of carbonyl (C=O) groups is 1. The topological polar surface area (TPSA) is 35.6 Å². The molecule has 21 heavy (non-hydrogen) atoms. The summed E-state index contributed by atoms with van der Waals surface area (Å²) in [5.74, 6) is 0.863. The summed E-state index contributed by atoms with van der Waals surface area (Å²) in [5.41, 5.74) is 0. The molecular formula is C17H33N3O. The van der Waals surface area contributed by atoms with Crippen molar-refractivity contribution in [2.24, 2.45) is 5.92 Å². The zero-order valence-electron chi connectivity index (χ0n) is 13.9. The number of nitrogens with zero attached hydrogens (tertiary/aromatic N) is 2. The van der Waals surface area contributed by atoms with Gasteiger partial charge in [-0.05, 0) is 58.7 Å². The van der Waals surface area contributed by atoms with Crippen molar-refractivity contribution < 1.29 is 4.79 Å². The highest BCUT2D eigenvalue weighted by Gasteiger charge is 2.24. The number of carbonyl (C=O) groups excluding carboxylic acids is 1. The number of hydrogen-bond acceptors (Lipinski definition) is 3. The highest BCUT2D eigenvalue weighted by Crippen LogP contribution is 2.17. The molecule has 0 saturated carbocycles. The Balaban J connectivity index is 1.63. The van der Waals surface area contributed by atoms with Crippen molar-refractivity contribution >= 4 is 5.91 Å². The van der Waals surface area contributed by atoms with E-state index in [1.165, 1.54) is 45.1 Å². The molecule has 2 rings (SSSR count). The average molecular weight is 295 g/mol. The van der Waals surface area contributed by atoms with Gasteiger partial charge in [0, 0.05) is 19.1 Å². The van der Waals surface area contributed by atoms with Gasteiger partial charge in [-0.15, -0.1) is 0 Å². The van der Waals surface area contributed by atoms with E-state index in [9.17, 15) is 4.79 Å². The molecule has 0 aromatic rings. The Bertz CT molecular complexity index is 311. The van der Waals surface area contributed by atoms with Gasteiger partial charge < -0.3 is 10.2 Å². The Morgan fingerprint density at radius 3 is 2.38 bits per heavy atom. The quantitative estimate of drug-likeness (QED) is 0.844. The fourth-order valence-electron chi connectivity index (χ4n) is 3.49. The van der Waals surface area contributed by atoms with Crippen molar-refractivity contribution in [3.05, 3.63) is 0 Å². The SMILES string of the molecule is CC(C)N1CCC(CNC(=O)CN2CCCCCCC2)C1. The third kappa shape index (κ3) is 5.95. The highest BCUT2D eigenvalue weighted by atomic mass is 16.2. The van der Waals surface area contributed by atoms with Crippen molar-refractivity contribution in [2.75, 3.05) is 39.3 Å². The number of nitrogens with one attached hydrogen (secondary N) is 1. The maximum atomic E-state index is 12.1. The molecule has 4 nitrogen and oxygen atoms in total. The van der Waals surface area contributed by atoms with Crippen LogP contribution in [0.2, 0.25) is 0 Å². The lowest BCUT2D eigenvalue weighted by atomic mass is 10.1. The number of likely N-dealkylation sites (tertiary alicyclic amines) is 2. The second-order valence-electron chi connectivity index (χ2n) is 7.09. The smallest absolute Gasteiger partial charge is 0.234 e. The molecule has 0 aliphatic carbocycles. The molecule has 1 N–H and O–H groups in total. The van der Waals surface area contributed by atoms with E-state index in [2.05, 4.69) is 29.0 Å². The lowest BCUT2D eigenvalue weighted by Crippen LogP contribution is -2.40. The Kier molecular flexibility index (Phi) is 6.97. The minimum absolute atomic E-state index is 0.221. The molecule has 4 heteroatoms. The lowest BCUT2D eigenvalue weighted by Gasteiger charge is -2.24. The van der Waals surface area contributed by atoms with Gasteiger partial charge in [-0.2, -0.15) is 0 Å². The summed E-state index contributed by atoms with van der Waals surface area (Å²) in [6.07, 6.45) is 7.74. The van der Waals surface area contributed by atoms with E-state index >= 15 is 0 Å². The molecule has 2 saturated heterocycles. The van der Waals surface area contributed by atoms with Crippen LogP contribution in [-0.2, 0) is 4.79 Å². The van der Waals surface area contributed by atoms with Crippen LogP contribution in [-0.4, -0.2) is 61.0 Å².